The zero-order chi connectivity index (χ0) is 30.4. The molecule has 0 radical (unpaired) electrons. The highest BCUT2D eigenvalue weighted by atomic mass is 16.7. The van der Waals surface area contributed by atoms with E-state index < -0.39 is 104 Å². The molecule has 0 amide bonds. The Morgan fingerprint density at radius 1 is 0.902 bits per heavy atom. The molecule has 1 aliphatic carbocycles. The highest BCUT2D eigenvalue weighted by Gasteiger charge is 2.53. The van der Waals surface area contributed by atoms with Crippen molar-refractivity contribution in [2.45, 2.75) is 104 Å². The van der Waals surface area contributed by atoms with Gasteiger partial charge in [0, 0.05) is 56.3 Å². The van der Waals surface area contributed by atoms with Crippen molar-refractivity contribution in [1.82, 2.24) is 10.6 Å². The second-order valence-corrected chi connectivity index (χ2v) is 11.5. The number of aliphatic hydroxyl groups excluding tert-OH is 7. The molecule has 0 aromatic carbocycles. The highest BCUT2D eigenvalue weighted by Crippen LogP contribution is 2.36. The molecule has 2 saturated heterocycles. The lowest BCUT2D eigenvalue weighted by molar-refractivity contribution is -0.307. The van der Waals surface area contributed by atoms with Crippen molar-refractivity contribution in [3.8, 4) is 0 Å². The molecule has 17 nitrogen and oxygen atoms in total. The molecule has 3 aliphatic rings. The minimum Gasteiger partial charge on any atom is -0.395 e. The Balaban J connectivity index is 1.81. The molecule has 0 spiro atoms. The van der Waals surface area contributed by atoms with Crippen LogP contribution < -0.4 is 39.3 Å². The summed E-state index contributed by atoms with van der Waals surface area (Å²) in [5, 5.41) is 78.2. The zero-order valence-corrected chi connectivity index (χ0v) is 23.1. The Hall–Kier alpha value is -0.680. The molecule has 0 bridgehead atoms. The smallest absolute Gasteiger partial charge is 0.186 e. The largest absolute Gasteiger partial charge is 0.395 e. The topological polar surface area (TPSA) is 323 Å². The van der Waals surface area contributed by atoms with Gasteiger partial charge in [0.25, 0.3) is 0 Å². The first-order valence-corrected chi connectivity index (χ1v) is 14.2. The van der Waals surface area contributed by atoms with Crippen molar-refractivity contribution in [2.24, 2.45) is 34.6 Å². The van der Waals surface area contributed by atoms with Gasteiger partial charge in [-0.15, -0.1) is 0 Å². The standard InChI is InChI=1S/C24H51N7O10/c25-3-10(34)5-31-13-1-11(27)17(22-12(28)2-14(35)15(39-22)6-30-4-9(26)7-32)20(37)23(13)41-24-21(38)18(29)19(36)16(8-33)40-24/h9-24,30-38H,1-8,25-29H2/t9?,10?,11-,12+,13+,14-,15+,16+,17?,18-,19+,20-,21+,22-,23-,24+/m0/s1. The van der Waals surface area contributed by atoms with E-state index in [9.17, 15) is 30.6 Å². The number of ether oxygens (including phenoxy) is 3. The van der Waals surface area contributed by atoms with Crippen molar-refractivity contribution in [2.75, 3.05) is 39.4 Å². The normalized spacial score (nSPS) is 45.4. The predicted molar refractivity (Wildman–Crippen MR) is 145 cm³/mol. The van der Waals surface area contributed by atoms with E-state index in [1.807, 2.05) is 0 Å². The summed E-state index contributed by atoms with van der Waals surface area (Å²) in [4.78, 5) is 0. The third-order valence-corrected chi connectivity index (χ3v) is 8.33. The Morgan fingerprint density at radius 3 is 2.24 bits per heavy atom. The van der Waals surface area contributed by atoms with Crippen LogP contribution in [0.1, 0.15) is 12.8 Å². The molecule has 41 heavy (non-hydrogen) atoms. The molecule has 0 aromatic heterocycles. The predicted octanol–water partition coefficient (Wildman–Crippen LogP) is -8.12. The van der Waals surface area contributed by atoms with Crippen LogP contribution in [0.25, 0.3) is 0 Å². The van der Waals surface area contributed by atoms with Crippen molar-refractivity contribution in [1.29, 1.82) is 0 Å². The Kier molecular flexibility index (Phi) is 13.5. The monoisotopic (exact) mass is 597 g/mol. The number of nitrogens with two attached hydrogens (primary N) is 5. The van der Waals surface area contributed by atoms with Crippen LogP contribution in [0.15, 0.2) is 0 Å². The Labute approximate surface area is 239 Å². The minimum atomic E-state index is -1.49. The molecule has 17 heteroatoms. The third-order valence-electron chi connectivity index (χ3n) is 8.33. The van der Waals surface area contributed by atoms with Gasteiger partial charge in [-0.2, -0.15) is 0 Å². The number of hydrogen-bond donors (Lipinski definition) is 14. The zero-order valence-electron chi connectivity index (χ0n) is 23.1. The summed E-state index contributed by atoms with van der Waals surface area (Å²) in [5.74, 6) is -0.782. The van der Waals surface area contributed by atoms with Crippen molar-refractivity contribution < 1.29 is 50.0 Å². The van der Waals surface area contributed by atoms with Gasteiger partial charge in [0.05, 0.1) is 49.8 Å². The molecule has 1 saturated carbocycles. The van der Waals surface area contributed by atoms with Gasteiger partial charge in [0.2, 0.25) is 0 Å². The van der Waals surface area contributed by atoms with Crippen LogP contribution in [0.4, 0.5) is 0 Å². The average Bonchev–Trinajstić information content (AvgIpc) is 2.94. The van der Waals surface area contributed by atoms with Crippen LogP contribution in [0.2, 0.25) is 0 Å². The Bertz CT molecular complexity index is 778. The van der Waals surface area contributed by atoms with Gasteiger partial charge in [-0.1, -0.05) is 0 Å². The van der Waals surface area contributed by atoms with Gasteiger partial charge in [0.1, 0.15) is 24.4 Å². The summed E-state index contributed by atoms with van der Waals surface area (Å²) in [6, 6.07) is -3.67. The van der Waals surface area contributed by atoms with Crippen molar-refractivity contribution in [3.63, 3.8) is 0 Å². The summed E-state index contributed by atoms with van der Waals surface area (Å²) < 4.78 is 17.9. The lowest BCUT2D eigenvalue weighted by Crippen LogP contribution is -2.70. The highest BCUT2D eigenvalue weighted by molar-refractivity contribution is 5.06. The quantitative estimate of drug-likeness (QED) is 0.0936. The maximum absolute atomic E-state index is 11.7. The van der Waals surface area contributed by atoms with E-state index in [1.54, 1.807) is 0 Å². The van der Waals surface area contributed by atoms with E-state index in [1.165, 1.54) is 0 Å². The van der Waals surface area contributed by atoms with Crippen LogP contribution in [-0.4, -0.2) is 167 Å². The lowest BCUT2D eigenvalue weighted by atomic mass is 9.72. The number of nitrogens with one attached hydrogen (secondary N) is 2. The fourth-order valence-corrected chi connectivity index (χ4v) is 5.86. The number of rotatable bonds is 13. The van der Waals surface area contributed by atoms with Crippen LogP contribution in [0.3, 0.4) is 0 Å². The number of aliphatic hydroxyl groups is 7. The third kappa shape index (κ3) is 8.49. The SMILES string of the molecule is NCC(O)CN[C@@H]1C[C@H](N)C([C@H]2O[C@H](CNCC(N)CO)[C@@H](O)C[C@H]2N)[C@H](O)[C@H]1O[C@H]1O[C@H](CO)[C@@H](O)[C@H](N)[C@H]1O. The van der Waals surface area contributed by atoms with E-state index in [-0.39, 0.29) is 39.1 Å². The molecule has 0 aromatic rings. The molecular weight excluding hydrogens is 546 g/mol. The summed E-state index contributed by atoms with van der Waals surface area (Å²) in [6.07, 6.45) is -10.7. The van der Waals surface area contributed by atoms with E-state index in [0.717, 1.165) is 0 Å². The molecule has 2 aliphatic heterocycles. The van der Waals surface area contributed by atoms with E-state index >= 15 is 0 Å². The fraction of sp³-hybridized carbons (Fsp3) is 1.00. The van der Waals surface area contributed by atoms with E-state index in [0.29, 0.717) is 6.54 Å². The van der Waals surface area contributed by atoms with Crippen LogP contribution in [-0.2, 0) is 14.2 Å². The van der Waals surface area contributed by atoms with Gasteiger partial charge >= 0.3 is 0 Å². The molecule has 19 N–H and O–H groups in total. The maximum Gasteiger partial charge on any atom is 0.186 e. The molecule has 16 atom stereocenters. The fourth-order valence-electron chi connectivity index (χ4n) is 5.86. The molecule has 3 unspecified atom stereocenters. The molecule has 242 valence electrons. The lowest BCUT2D eigenvalue weighted by Gasteiger charge is -2.51. The number of hydrogen-bond acceptors (Lipinski definition) is 17. The second kappa shape index (κ2) is 15.9. The summed E-state index contributed by atoms with van der Waals surface area (Å²) >= 11 is 0. The average molecular weight is 598 g/mol. The Morgan fingerprint density at radius 2 is 1.61 bits per heavy atom. The van der Waals surface area contributed by atoms with Crippen LogP contribution in [0.5, 0.6) is 0 Å². The van der Waals surface area contributed by atoms with Gasteiger partial charge in [0.15, 0.2) is 6.29 Å². The molecule has 3 rings (SSSR count). The van der Waals surface area contributed by atoms with Gasteiger partial charge in [-0.25, -0.2) is 0 Å². The summed E-state index contributed by atoms with van der Waals surface area (Å²) in [5.41, 5.74) is 30.2. The first kappa shape index (κ1) is 34.8. The summed E-state index contributed by atoms with van der Waals surface area (Å²) in [7, 11) is 0. The van der Waals surface area contributed by atoms with E-state index in [4.69, 9.17) is 48.0 Å². The minimum absolute atomic E-state index is 0.0103. The van der Waals surface area contributed by atoms with Crippen molar-refractivity contribution in [3.05, 3.63) is 0 Å². The van der Waals surface area contributed by atoms with E-state index in [2.05, 4.69) is 10.6 Å². The van der Waals surface area contributed by atoms with Gasteiger partial charge in [-0.3, -0.25) is 0 Å². The molecular formula is C24H51N7O10. The van der Waals surface area contributed by atoms with Crippen molar-refractivity contribution >= 4 is 0 Å². The first-order valence-electron chi connectivity index (χ1n) is 14.2. The first-order chi connectivity index (χ1) is 19.4. The van der Waals surface area contributed by atoms with Gasteiger partial charge < -0.3 is 89.3 Å². The second-order valence-electron chi connectivity index (χ2n) is 11.5. The summed E-state index contributed by atoms with van der Waals surface area (Å²) in [6.45, 7) is -0.242. The molecule has 2 heterocycles. The van der Waals surface area contributed by atoms with Crippen LogP contribution >= 0.6 is 0 Å². The van der Waals surface area contributed by atoms with Crippen LogP contribution in [0, 0.1) is 5.92 Å². The maximum atomic E-state index is 11.7. The van der Waals surface area contributed by atoms with Gasteiger partial charge in [-0.05, 0) is 12.8 Å². The molecule has 3 fully saturated rings.